The number of urea groups is 1. The molecule has 0 atom stereocenters. The predicted octanol–water partition coefficient (Wildman–Crippen LogP) is 4.80. The quantitative estimate of drug-likeness (QED) is 0.771. The summed E-state index contributed by atoms with van der Waals surface area (Å²) in [6.07, 6.45) is -1.91. The molecule has 3 nitrogen and oxygen atoms in total. The van der Waals surface area contributed by atoms with Crippen molar-refractivity contribution >= 4 is 39.2 Å². The fourth-order valence-electron chi connectivity index (χ4n) is 1.81. The molecule has 20 heavy (non-hydrogen) atoms. The average Bonchev–Trinajstić information content (AvgIpc) is 2.25. The first-order valence-electron chi connectivity index (χ1n) is 5.91. The highest BCUT2D eigenvalue weighted by atomic mass is 79.9. The maximum Gasteiger partial charge on any atom is 0.418 e. The number of amides is 2. The first-order chi connectivity index (χ1) is 9.27. The van der Waals surface area contributed by atoms with E-state index in [0.29, 0.717) is 0 Å². The van der Waals surface area contributed by atoms with E-state index in [2.05, 4.69) is 26.6 Å². The molecule has 0 heterocycles. The third-order valence-electron chi connectivity index (χ3n) is 3.04. The van der Waals surface area contributed by atoms with E-state index in [1.54, 1.807) is 0 Å². The van der Waals surface area contributed by atoms with Gasteiger partial charge in [0.1, 0.15) is 0 Å². The van der Waals surface area contributed by atoms with Crippen LogP contribution < -0.4 is 10.6 Å². The molecule has 1 aromatic rings. The molecule has 1 aliphatic carbocycles. The summed E-state index contributed by atoms with van der Waals surface area (Å²) in [5.41, 5.74) is -1.42. The van der Waals surface area contributed by atoms with E-state index in [1.807, 2.05) is 0 Å². The van der Waals surface area contributed by atoms with Crippen LogP contribution in [0, 0.1) is 0 Å². The maximum absolute atomic E-state index is 12.9. The Hall–Kier alpha value is -0.950. The minimum atomic E-state index is -4.60. The van der Waals surface area contributed by atoms with Gasteiger partial charge in [0.25, 0.3) is 0 Å². The van der Waals surface area contributed by atoms with Crippen LogP contribution in [-0.4, -0.2) is 12.1 Å². The van der Waals surface area contributed by atoms with Crippen molar-refractivity contribution in [2.24, 2.45) is 0 Å². The van der Waals surface area contributed by atoms with Crippen LogP contribution in [0.5, 0.6) is 0 Å². The van der Waals surface area contributed by atoms with Crippen molar-refractivity contribution in [1.29, 1.82) is 0 Å². The number of anilines is 1. The molecule has 2 rings (SSSR count). The van der Waals surface area contributed by atoms with Gasteiger partial charge in [0.05, 0.1) is 16.3 Å². The van der Waals surface area contributed by atoms with Crippen LogP contribution in [0.4, 0.5) is 23.7 Å². The highest BCUT2D eigenvalue weighted by molar-refractivity contribution is 9.10. The van der Waals surface area contributed by atoms with Gasteiger partial charge in [0, 0.05) is 10.5 Å². The van der Waals surface area contributed by atoms with Crippen LogP contribution in [0.3, 0.4) is 0 Å². The SMILES string of the molecule is O=C(Nc1c(Cl)cc(Br)cc1C(F)(F)F)NC1CCC1. The normalized spacial score (nSPS) is 15.7. The summed E-state index contributed by atoms with van der Waals surface area (Å²) in [7, 11) is 0. The molecule has 0 aromatic heterocycles. The second-order valence-corrected chi connectivity index (χ2v) is 5.86. The lowest BCUT2D eigenvalue weighted by atomic mass is 9.93. The van der Waals surface area contributed by atoms with Crippen molar-refractivity contribution in [1.82, 2.24) is 5.32 Å². The number of benzene rings is 1. The topological polar surface area (TPSA) is 41.1 Å². The standard InChI is InChI=1S/C12H11BrClF3N2O/c13-6-4-8(12(15,16)17)10(9(14)5-6)19-11(20)18-7-2-1-3-7/h4-5,7H,1-3H2,(H2,18,19,20). The molecule has 0 spiro atoms. The second-order valence-electron chi connectivity index (χ2n) is 4.53. The lowest BCUT2D eigenvalue weighted by Crippen LogP contribution is -2.42. The summed E-state index contributed by atoms with van der Waals surface area (Å²) in [5.74, 6) is 0. The molecule has 1 aromatic carbocycles. The van der Waals surface area contributed by atoms with Gasteiger partial charge in [-0.3, -0.25) is 0 Å². The molecule has 0 saturated heterocycles. The van der Waals surface area contributed by atoms with E-state index in [0.717, 1.165) is 25.3 Å². The summed E-state index contributed by atoms with van der Waals surface area (Å²) >= 11 is 8.75. The third-order valence-corrected chi connectivity index (χ3v) is 3.80. The Morgan fingerprint density at radius 2 is 2.00 bits per heavy atom. The molecule has 0 radical (unpaired) electrons. The number of carbonyl (C=O) groups excluding carboxylic acids is 1. The lowest BCUT2D eigenvalue weighted by Gasteiger charge is -2.26. The number of halogens is 5. The monoisotopic (exact) mass is 370 g/mol. The van der Waals surface area contributed by atoms with Gasteiger partial charge < -0.3 is 10.6 Å². The zero-order chi connectivity index (χ0) is 14.9. The van der Waals surface area contributed by atoms with Crippen LogP contribution in [0.25, 0.3) is 0 Å². The van der Waals surface area contributed by atoms with Gasteiger partial charge >= 0.3 is 12.2 Å². The zero-order valence-corrected chi connectivity index (χ0v) is 12.5. The van der Waals surface area contributed by atoms with E-state index in [9.17, 15) is 18.0 Å². The highest BCUT2D eigenvalue weighted by Gasteiger charge is 2.35. The van der Waals surface area contributed by atoms with E-state index in [-0.39, 0.29) is 15.5 Å². The Morgan fingerprint density at radius 3 is 2.50 bits per heavy atom. The molecule has 0 aliphatic heterocycles. The maximum atomic E-state index is 12.9. The largest absolute Gasteiger partial charge is 0.418 e. The summed E-state index contributed by atoms with van der Waals surface area (Å²) in [6.45, 7) is 0. The number of nitrogens with one attached hydrogen (secondary N) is 2. The number of rotatable bonds is 2. The molecule has 0 unspecified atom stereocenters. The zero-order valence-electron chi connectivity index (χ0n) is 10.2. The van der Waals surface area contributed by atoms with Crippen molar-refractivity contribution in [2.45, 2.75) is 31.5 Å². The van der Waals surface area contributed by atoms with Crippen molar-refractivity contribution < 1.29 is 18.0 Å². The van der Waals surface area contributed by atoms with E-state index < -0.39 is 23.5 Å². The van der Waals surface area contributed by atoms with Crippen LogP contribution in [0.15, 0.2) is 16.6 Å². The van der Waals surface area contributed by atoms with Crippen LogP contribution in [-0.2, 0) is 6.18 Å². The van der Waals surface area contributed by atoms with Crippen molar-refractivity contribution in [3.8, 4) is 0 Å². The Morgan fingerprint density at radius 1 is 1.35 bits per heavy atom. The number of hydrogen-bond acceptors (Lipinski definition) is 1. The molecular weight excluding hydrogens is 360 g/mol. The molecule has 1 aliphatic rings. The van der Waals surface area contributed by atoms with E-state index >= 15 is 0 Å². The van der Waals surface area contributed by atoms with Crippen LogP contribution in [0.1, 0.15) is 24.8 Å². The van der Waals surface area contributed by atoms with Gasteiger partial charge in [-0.2, -0.15) is 13.2 Å². The summed E-state index contributed by atoms with van der Waals surface area (Å²) < 4.78 is 39.0. The number of hydrogen-bond donors (Lipinski definition) is 2. The minimum Gasteiger partial charge on any atom is -0.335 e. The Kier molecular flexibility index (Phi) is 4.49. The van der Waals surface area contributed by atoms with E-state index in [1.165, 1.54) is 6.07 Å². The van der Waals surface area contributed by atoms with Crippen molar-refractivity contribution in [3.05, 3.63) is 27.2 Å². The predicted molar refractivity (Wildman–Crippen MR) is 73.9 cm³/mol. The molecular formula is C12H11BrClF3N2O. The first kappa shape index (κ1) is 15.4. The third kappa shape index (κ3) is 3.58. The molecule has 2 amide bonds. The Balaban J connectivity index is 2.23. The highest BCUT2D eigenvalue weighted by Crippen LogP contribution is 2.40. The Bertz CT molecular complexity index is 532. The lowest BCUT2D eigenvalue weighted by molar-refractivity contribution is -0.136. The van der Waals surface area contributed by atoms with Gasteiger partial charge in [-0.1, -0.05) is 27.5 Å². The van der Waals surface area contributed by atoms with Gasteiger partial charge in [0.15, 0.2) is 0 Å². The molecule has 2 N–H and O–H groups in total. The fraction of sp³-hybridized carbons (Fsp3) is 0.417. The summed E-state index contributed by atoms with van der Waals surface area (Å²) in [6, 6.07) is 1.53. The molecule has 8 heteroatoms. The number of alkyl halides is 3. The Labute approximate surface area is 127 Å². The van der Waals surface area contributed by atoms with E-state index in [4.69, 9.17) is 11.6 Å². The van der Waals surface area contributed by atoms with Crippen LogP contribution in [0.2, 0.25) is 5.02 Å². The van der Waals surface area contributed by atoms with Gasteiger partial charge in [-0.05, 0) is 31.4 Å². The first-order valence-corrected chi connectivity index (χ1v) is 7.08. The van der Waals surface area contributed by atoms with Gasteiger partial charge in [-0.25, -0.2) is 4.79 Å². The van der Waals surface area contributed by atoms with Gasteiger partial charge in [-0.15, -0.1) is 0 Å². The molecule has 1 fully saturated rings. The molecule has 0 bridgehead atoms. The second kappa shape index (κ2) is 5.81. The van der Waals surface area contributed by atoms with Crippen molar-refractivity contribution in [2.75, 3.05) is 5.32 Å². The minimum absolute atomic E-state index is 0.0264. The average molecular weight is 372 g/mol. The fourth-order valence-corrected chi connectivity index (χ4v) is 2.67. The molecule has 110 valence electrons. The number of carbonyl (C=O) groups is 1. The van der Waals surface area contributed by atoms with Gasteiger partial charge in [0.2, 0.25) is 0 Å². The van der Waals surface area contributed by atoms with Crippen molar-refractivity contribution in [3.63, 3.8) is 0 Å². The summed E-state index contributed by atoms with van der Waals surface area (Å²) in [4.78, 5) is 11.7. The summed E-state index contributed by atoms with van der Waals surface area (Å²) in [5, 5.41) is 4.62. The smallest absolute Gasteiger partial charge is 0.335 e. The van der Waals surface area contributed by atoms with Crippen LogP contribution >= 0.6 is 27.5 Å². The molecule has 1 saturated carbocycles.